The third-order valence-electron chi connectivity index (χ3n) is 3.43. The normalized spacial score (nSPS) is 30.1. The minimum absolute atomic E-state index is 0.485. The molecule has 2 heterocycles. The van der Waals surface area contributed by atoms with Crippen molar-refractivity contribution in [3.8, 4) is 0 Å². The van der Waals surface area contributed by atoms with Gasteiger partial charge in [-0.1, -0.05) is 0 Å². The van der Waals surface area contributed by atoms with Gasteiger partial charge >= 0.3 is 5.69 Å². The summed E-state index contributed by atoms with van der Waals surface area (Å²) in [6.45, 7) is 2.55. The van der Waals surface area contributed by atoms with Crippen molar-refractivity contribution in [1.82, 2.24) is 9.55 Å². The second-order valence-corrected chi connectivity index (χ2v) is 5.41. The molecule has 4 atom stereocenters. The summed E-state index contributed by atoms with van der Waals surface area (Å²) in [6.07, 6.45) is -3.57. The highest BCUT2D eigenvalue weighted by atomic mass is 19.1. The molecule has 9 heteroatoms. The van der Waals surface area contributed by atoms with Gasteiger partial charge in [-0.25, -0.2) is 9.18 Å². The zero-order valence-electron chi connectivity index (χ0n) is 12.4. The Hall–Kier alpha value is -2.06. The van der Waals surface area contributed by atoms with E-state index in [-0.39, 0.29) is 0 Å². The molecule has 23 heavy (non-hydrogen) atoms. The summed E-state index contributed by atoms with van der Waals surface area (Å²) in [4.78, 5) is 24.6. The highest BCUT2D eigenvalue weighted by Crippen LogP contribution is 2.41. The van der Waals surface area contributed by atoms with E-state index in [9.17, 15) is 19.1 Å². The summed E-state index contributed by atoms with van der Waals surface area (Å²) in [6, 6.07) is 0. The van der Waals surface area contributed by atoms with E-state index in [0.717, 1.165) is 6.08 Å². The molecule has 0 bridgehead atoms. The van der Waals surface area contributed by atoms with Gasteiger partial charge in [-0.3, -0.25) is 14.3 Å². The lowest BCUT2D eigenvalue weighted by Crippen LogP contribution is -2.45. The van der Waals surface area contributed by atoms with Gasteiger partial charge in [0.05, 0.1) is 12.8 Å². The first-order valence-electron chi connectivity index (χ1n) is 6.76. The van der Waals surface area contributed by atoms with E-state index in [2.05, 4.69) is 5.73 Å². The number of aromatic nitrogens is 2. The van der Waals surface area contributed by atoms with Gasteiger partial charge in [0, 0.05) is 6.08 Å². The summed E-state index contributed by atoms with van der Waals surface area (Å²) in [7, 11) is 0. The lowest BCUT2D eigenvalue weighted by Gasteiger charge is -2.25. The van der Waals surface area contributed by atoms with Crippen LogP contribution in [-0.4, -0.2) is 44.2 Å². The molecule has 1 saturated heterocycles. The molecule has 1 aliphatic heterocycles. The first-order valence-corrected chi connectivity index (χ1v) is 6.76. The van der Waals surface area contributed by atoms with Gasteiger partial charge in [0.1, 0.15) is 12.2 Å². The molecule has 0 saturated carbocycles. The van der Waals surface area contributed by atoms with Gasteiger partial charge in [-0.2, -0.15) is 4.39 Å². The van der Waals surface area contributed by atoms with Gasteiger partial charge in [-0.05, 0) is 19.4 Å². The van der Waals surface area contributed by atoms with Gasteiger partial charge in [0.25, 0.3) is 5.56 Å². The van der Waals surface area contributed by atoms with Crippen molar-refractivity contribution < 1.29 is 23.7 Å². The highest BCUT2D eigenvalue weighted by molar-refractivity contribution is 5.16. The lowest BCUT2D eigenvalue weighted by atomic mass is 9.95. The Bertz CT molecular complexity index is 776. The van der Waals surface area contributed by atoms with Crippen molar-refractivity contribution in [1.29, 1.82) is 0 Å². The molecule has 0 unspecified atom stereocenters. The largest absolute Gasteiger partial charge is 0.394 e. The molecule has 3 N–H and O–H groups in total. The number of H-pyrrole nitrogens is 1. The van der Waals surface area contributed by atoms with Crippen molar-refractivity contribution in [3.63, 3.8) is 0 Å². The Morgan fingerprint density at radius 2 is 2.22 bits per heavy atom. The quantitative estimate of drug-likeness (QED) is 0.663. The number of halogens is 2. The van der Waals surface area contributed by atoms with Crippen molar-refractivity contribution in [2.24, 2.45) is 0 Å². The van der Waals surface area contributed by atoms with Gasteiger partial charge < -0.3 is 14.9 Å². The van der Waals surface area contributed by atoms with Crippen molar-refractivity contribution in [2.45, 2.75) is 38.0 Å². The molecular weight excluding hydrogens is 314 g/mol. The SMILES string of the molecule is CC(C)=C=C[C@@]1(F)[C@H](O)[C@@H](CO)O[C@H]1n1cc(F)c(=O)[nH]c1=O. The highest BCUT2D eigenvalue weighted by Gasteiger charge is 2.57. The maximum absolute atomic E-state index is 15.3. The average Bonchev–Trinajstić information content (AvgIpc) is 2.73. The van der Waals surface area contributed by atoms with E-state index in [1.165, 1.54) is 0 Å². The molecule has 7 nitrogen and oxygen atoms in total. The van der Waals surface area contributed by atoms with Gasteiger partial charge in [-0.15, -0.1) is 5.73 Å². The van der Waals surface area contributed by atoms with E-state index in [4.69, 9.17) is 9.84 Å². The number of nitrogens with zero attached hydrogens (tertiary/aromatic N) is 1. The third-order valence-corrected chi connectivity index (χ3v) is 3.43. The van der Waals surface area contributed by atoms with Crippen molar-refractivity contribution in [3.05, 3.63) is 50.2 Å². The van der Waals surface area contributed by atoms with E-state index < -0.39 is 47.8 Å². The van der Waals surface area contributed by atoms with E-state index in [1.54, 1.807) is 18.8 Å². The molecule has 0 amide bonds. The smallest absolute Gasteiger partial charge is 0.330 e. The number of ether oxygens (including phenoxy) is 1. The minimum Gasteiger partial charge on any atom is -0.394 e. The molecule has 0 aliphatic carbocycles. The Morgan fingerprint density at radius 1 is 1.57 bits per heavy atom. The van der Waals surface area contributed by atoms with Crippen LogP contribution in [0.3, 0.4) is 0 Å². The Morgan fingerprint density at radius 3 is 2.78 bits per heavy atom. The Labute approximate surface area is 129 Å². The van der Waals surface area contributed by atoms with E-state index >= 15 is 4.39 Å². The number of nitrogens with one attached hydrogen (secondary N) is 1. The number of aromatic amines is 1. The van der Waals surface area contributed by atoms with Crippen LogP contribution in [0.25, 0.3) is 0 Å². The summed E-state index contributed by atoms with van der Waals surface area (Å²) in [5.74, 6) is -1.32. The van der Waals surface area contributed by atoms with Crippen LogP contribution >= 0.6 is 0 Å². The topological polar surface area (TPSA) is 105 Å². The molecule has 1 aromatic heterocycles. The number of aliphatic hydroxyl groups is 2. The third kappa shape index (κ3) is 3.04. The predicted octanol–water partition coefficient (Wildman–Crippen LogP) is -0.244. The molecular formula is C14H16F2N2O5. The summed E-state index contributed by atoms with van der Waals surface area (Å²) < 4.78 is 34.3. The number of rotatable bonds is 3. The monoisotopic (exact) mass is 330 g/mol. The maximum atomic E-state index is 15.3. The zero-order valence-corrected chi connectivity index (χ0v) is 12.4. The van der Waals surface area contributed by atoms with Crippen LogP contribution in [0, 0.1) is 5.82 Å². The fraction of sp³-hybridized carbons (Fsp3) is 0.500. The standard InChI is InChI=1S/C14H16F2N2O5/c1-7(2)3-4-14(16)10(20)9(6-19)23-12(14)18-5-8(15)11(21)17-13(18)22/h4-5,9-10,12,19-20H,6H2,1-2H3,(H,17,21,22)/t9-,10-,12-,14-/m1/s1. The van der Waals surface area contributed by atoms with Crippen LogP contribution < -0.4 is 11.2 Å². The number of hydrogen-bond donors (Lipinski definition) is 3. The summed E-state index contributed by atoms with van der Waals surface area (Å²) in [5.41, 5.74) is -1.88. The fourth-order valence-electron chi connectivity index (χ4n) is 2.24. The molecule has 0 radical (unpaired) electrons. The van der Waals surface area contributed by atoms with Crippen LogP contribution in [0.1, 0.15) is 20.1 Å². The first kappa shape index (κ1) is 17.3. The first-order chi connectivity index (χ1) is 10.7. The van der Waals surface area contributed by atoms with Crippen LogP contribution in [-0.2, 0) is 4.74 Å². The van der Waals surface area contributed by atoms with Gasteiger partial charge in [0.2, 0.25) is 11.5 Å². The van der Waals surface area contributed by atoms with Crippen LogP contribution in [0.15, 0.2) is 33.2 Å². The molecule has 2 rings (SSSR count). The van der Waals surface area contributed by atoms with Crippen molar-refractivity contribution >= 4 is 0 Å². The minimum atomic E-state index is -2.65. The fourth-order valence-corrected chi connectivity index (χ4v) is 2.24. The Balaban J connectivity index is 2.63. The lowest BCUT2D eigenvalue weighted by molar-refractivity contribution is -0.0560. The van der Waals surface area contributed by atoms with E-state index in [1.807, 2.05) is 0 Å². The molecule has 126 valence electrons. The summed E-state index contributed by atoms with van der Waals surface area (Å²) in [5, 5.41) is 19.2. The molecule has 1 fully saturated rings. The van der Waals surface area contributed by atoms with Gasteiger partial charge in [0.15, 0.2) is 6.23 Å². The second kappa shape index (κ2) is 6.21. The Kier molecular flexibility index (Phi) is 4.67. The zero-order chi connectivity index (χ0) is 17.4. The maximum Gasteiger partial charge on any atom is 0.330 e. The molecule has 0 aromatic carbocycles. The number of hydrogen-bond acceptors (Lipinski definition) is 5. The van der Waals surface area contributed by atoms with Crippen LogP contribution in [0.2, 0.25) is 0 Å². The predicted molar refractivity (Wildman–Crippen MR) is 75.1 cm³/mol. The van der Waals surface area contributed by atoms with Crippen molar-refractivity contribution in [2.75, 3.05) is 6.61 Å². The van der Waals surface area contributed by atoms with Crippen LogP contribution in [0.5, 0.6) is 0 Å². The van der Waals surface area contributed by atoms with E-state index in [0.29, 0.717) is 16.3 Å². The molecule has 0 spiro atoms. The number of aliphatic hydroxyl groups excluding tert-OH is 2. The molecule has 1 aliphatic rings. The molecule has 1 aromatic rings. The average molecular weight is 330 g/mol. The second-order valence-electron chi connectivity index (χ2n) is 5.41. The number of alkyl halides is 1. The van der Waals surface area contributed by atoms with Crippen LogP contribution in [0.4, 0.5) is 8.78 Å². The summed E-state index contributed by atoms with van der Waals surface area (Å²) >= 11 is 0.